The van der Waals surface area contributed by atoms with E-state index in [1.807, 2.05) is 11.0 Å². The lowest BCUT2D eigenvalue weighted by Crippen LogP contribution is -2.40. The van der Waals surface area contributed by atoms with E-state index in [-0.39, 0.29) is 11.9 Å². The van der Waals surface area contributed by atoms with Crippen molar-refractivity contribution >= 4 is 5.91 Å². The van der Waals surface area contributed by atoms with E-state index < -0.39 is 6.17 Å². The van der Waals surface area contributed by atoms with Gasteiger partial charge in [0.1, 0.15) is 6.17 Å². The number of nitrogens with one attached hydrogen (secondary N) is 1. The van der Waals surface area contributed by atoms with Gasteiger partial charge >= 0.3 is 0 Å². The number of hydrogen-bond donors (Lipinski definition) is 1. The molecule has 3 rings (SSSR count). The number of aromatic nitrogens is 2. The molecule has 1 N–H and O–H groups in total. The molecule has 0 radical (unpaired) electrons. The highest BCUT2D eigenvalue weighted by Crippen LogP contribution is 2.21. The summed E-state index contributed by atoms with van der Waals surface area (Å²) in [6.07, 6.45) is 3.74. The van der Waals surface area contributed by atoms with Gasteiger partial charge in [-0.1, -0.05) is 5.16 Å². The SMILES string of the molecule is Cc1nc(CN2C[C@@H](F)C[C@H]2CNC(=O)CCc2ccoc2)no1. The highest BCUT2D eigenvalue weighted by atomic mass is 19.1. The molecule has 7 nitrogen and oxygen atoms in total. The number of furan rings is 1. The van der Waals surface area contributed by atoms with E-state index in [0.717, 1.165) is 5.56 Å². The van der Waals surface area contributed by atoms with Crippen molar-refractivity contribution < 1.29 is 18.1 Å². The van der Waals surface area contributed by atoms with Gasteiger partial charge in [-0.25, -0.2) is 4.39 Å². The summed E-state index contributed by atoms with van der Waals surface area (Å²) in [6, 6.07) is 1.78. The van der Waals surface area contributed by atoms with Crippen molar-refractivity contribution in [2.24, 2.45) is 0 Å². The second-order valence-electron chi connectivity index (χ2n) is 6.08. The maximum Gasteiger partial charge on any atom is 0.223 e. The zero-order valence-corrected chi connectivity index (χ0v) is 13.6. The lowest BCUT2D eigenvalue weighted by molar-refractivity contribution is -0.121. The van der Waals surface area contributed by atoms with Crippen LogP contribution in [0.2, 0.25) is 0 Å². The van der Waals surface area contributed by atoms with Crippen LogP contribution in [0.15, 0.2) is 27.5 Å². The van der Waals surface area contributed by atoms with Crippen molar-refractivity contribution in [2.75, 3.05) is 13.1 Å². The zero-order chi connectivity index (χ0) is 16.9. The maximum atomic E-state index is 13.8. The molecule has 1 saturated heterocycles. The van der Waals surface area contributed by atoms with Gasteiger partial charge in [0, 0.05) is 32.5 Å². The van der Waals surface area contributed by atoms with Gasteiger partial charge in [0.25, 0.3) is 0 Å². The van der Waals surface area contributed by atoms with Gasteiger partial charge in [-0.2, -0.15) is 4.98 Å². The van der Waals surface area contributed by atoms with Crippen LogP contribution in [0.1, 0.15) is 30.1 Å². The molecule has 0 aromatic carbocycles. The number of halogens is 1. The topological polar surface area (TPSA) is 84.4 Å². The lowest BCUT2D eigenvalue weighted by Gasteiger charge is -2.22. The molecular weight excluding hydrogens is 315 g/mol. The van der Waals surface area contributed by atoms with E-state index in [4.69, 9.17) is 8.94 Å². The minimum Gasteiger partial charge on any atom is -0.472 e. The molecule has 130 valence electrons. The third-order valence-electron chi connectivity index (χ3n) is 4.15. The molecule has 1 amide bonds. The van der Waals surface area contributed by atoms with Crippen molar-refractivity contribution in [3.8, 4) is 0 Å². The van der Waals surface area contributed by atoms with Crippen molar-refractivity contribution in [3.05, 3.63) is 35.9 Å². The van der Waals surface area contributed by atoms with Gasteiger partial charge in [0.05, 0.1) is 19.1 Å². The van der Waals surface area contributed by atoms with Crippen LogP contribution in [0.4, 0.5) is 4.39 Å². The smallest absolute Gasteiger partial charge is 0.223 e. The average Bonchev–Trinajstić information content (AvgIpc) is 3.26. The van der Waals surface area contributed by atoms with E-state index in [0.29, 0.717) is 50.6 Å². The van der Waals surface area contributed by atoms with Gasteiger partial charge in [0.15, 0.2) is 5.82 Å². The number of alkyl halides is 1. The number of carbonyl (C=O) groups excluding carboxylic acids is 1. The second-order valence-corrected chi connectivity index (χ2v) is 6.08. The largest absolute Gasteiger partial charge is 0.472 e. The molecule has 2 atom stereocenters. The van der Waals surface area contributed by atoms with Gasteiger partial charge in [0.2, 0.25) is 11.8 Å². The Hall–Kier alpha value is -2.22. The Morgan fingerprint density at radius 2 is 2.42 bits per heavy atom. The van der Waals surface area contributed by atoms with Crippen molar-refractivity contribution in [2.45, 2.75) is 44.9 Å². The fourth-order valence-corrected chi connectivity index (χ4v) is 2.93. The lowest BCUT2D eigenvalue weighted by atomic mass is 10.1. The first kappa shape index (κ1) is 16.6. The van der Waals surface area contributed by atoms with Crippen LogP contribution in [0.25, 0.3) is 0 Å². The Bertz CT molecular complexity index is 658. The number of aryl methyl sites for hydroxylation is 2. The van der Waals surface area contributed by atoms with E-state index in [2.05, 4.69) is 15.5 Å². The quantitative estimate of drug-likeness (QED) is 0.827. The number of likely N-dealkylation sites (tertiary alicyclic amines) is 1. The second kappa shape index (κ2) is 7.57. The Morgan fingerprint density at radius 1 is 1.54 bits per heavy atom. The monoisotopic (exact) mass is 336 g/mol. The zero-order valence-electron chi connectivity index (χ0n) is 13.6. The van der Waals surface area contributed by atoms with Crippen LogP contribution in [0.5, 0.6) is 0 Å². The molecule has 0 spiro atoms. The Labute approximate surface area is 139 Å². The van der Waals surface area contributed by atoms with E-state index in [1.54, 1.807) is 19.5 Å². The minimum absolute atomic E-state index is 0.0473. The van der Waals surface area contributed by atoms with Crippen LogP contribution in [-0.2, 0) is 17.8 Å². The van der Waals surface area contributed by atoms with Gasteiger partial charge in [-0.05, 0) is 24.5 Å². The fraction of sp³-hybridized carbons (Fsp3) is 0.562. The number of hydrogen-bond acceptors (Lipinski definition) is 6. The van der Waals surface area contributed by atoms with E-state index in [1.165, 1.54) is 0 Å². The minimum atomic E-state index is -0.897. The van der Waals surface area contributed by atoms with Crippen LogP contribution in [-0.4, -0.2) is 46.3 Å². The summed E-state index contributed by atoms with van der Waals surface area (Å²) in [5, 5.41) is 6.73. The van der Waals surface area contributed by atoms with Crippen LogP contribution in [0, 0.1) is 6.92 Å². The summed E-state index contributed by atoms with van der Waals surface area (Å²) in [7, 11) is 0. The molecule has 24 heavy (non-hydrogen) atoms. The third-order valence-corrected chi connectivity index (χ3v) is 4.15. The molecule has 0 aliphatic carbocycles. The first-order valence-corrected chi connectivity index (χ1v) is 8.05. The number of amides is 1. The summed E-state index contributed by atoms with van der Waals surface area (Å²) in [6.45, 7) is 2.88. The molecule has 2 aromatic heterocycles. The number of carbonyl (C=O) groups is 1. The first-order chi connectivity index (χ1) is 11.6. The van der Waals surface area contributed by atoms with Crippen LogP contribution >= 0.6 is 0 Å². The summed E-state index contributed by atoms with van der Waals surface area (Å²) < 4.78 is 23.7. The van der Waals surface area contributed by atoms with E-state index >= 15 is 0 Å². The highest BCUT2D eigenvalue weighted by molar-refractivity contribution is 5.76. The summed E-state index contributed by atoms with van der Waals surface area (Å²) in [4.78, 5) is 18.0. The molecule has 0 unspecified atom stereocenters. The predicted molar refractivity (Wildman–Crippen MR) is 82.8 cm³/mol. The van der Waals surface area contributed by atoms with Crippen molar-refractivity contribution in [3.63, 3.8) is 0 Å². The number of nitrogens with zero attached hydrogens (tertiary/aromatic N) is 3. The standard InChI is InChI=1S/C16H21FN4O3/c1-11-19-15(20-24-11)9-21-8-13(17)6-14(21)7-18-16(22)3-2-12-4-5-23-10-12/h4-5,10,13-14H,2-3,6-9H2,1H3,(H,18,22)/t13-,14-/m0/s1. The van der Waals surface area contributed by atoms with Gasteiger partial charge < -0.3 is 14.3 Å². The molecular formula is C16H21FN4O3. The summed E-state index contributed by atoms with van der Waals surface area (Å²) >= 11 is 0. The van der Waals surface area contributed by atoms with E-state index in [9.17, 15) is 9.18 Å². The number of rotatable bonds is 7. The van der Waals surface area contributed by atoms with Crippen LogP contribution in [0.3, 0.4) is 0 Å². The molecule has 1 fully saturated rings. The molecule has 0 saturated carbocycles. The summed E-state index contributed by atoms with van der Waals surface area (Å²) in [5.41, 5.74) is 0.990. The van der Waals surface area contributed by atoms with Gasteiger partial charge in [-0.15, -0.1) is 0 Å². The Morgan fingerprint density at radius 3 is 3.12 bits per heavy atom. The fourth-order valence-electron chi connectivity index (χ4n) is 2.93. The molecule has 0 bridgehead atoms. The molecule has 1 aliphatic heterocycles. The van der Waals surface area contributed by atoms with Crippen molar-refractivity contribution in [1.29, 1.82) is 0 Å². The van der Waals surface area contributed by atoms with Crippen molar-refractivity contribution in [1.82, 2.24) is 20.4 Å². The molecule has 1 aliphatic rings. The predicted octanol–water partition coefficient (Wildman–Crippen LogP) is 1.63. The maximum absolute atomic E-state index is 13.8. The Balaban J connectivity index is 1.46. The normalized spacial score (nSPS) is 21.2. The van der Waals surface area contributed by atoms with Gasteiger partial charge in [-0.3, -0.25) is 9.69 Å². The molecule has 3 heterocycles. The molecule has 8 heteroatoms. The Kier molecular flexibility index (Phi) is 5.24. The highest BCUT2D eigenvalue weighted by Gasteiger charge is 2.33. The van der Waals surface area contributed by atoms with Crippen LogP contribution < -0.4 is 5.32 Å². The average molecular weight is 336 g/mol. The summed E-state index contributed by atoms with van der Waals surface area (Å²) in [5.74, 6) is 0.983. The third kappa shape index (κ3) is 4.41. The first-order valence-electron chi connectivity index (χ1n) is 8.05. The molecule has 2 aromatic rings.